The molecule has 0 aliphatic heterocycles. The first kappa shape index (κ1) is 12.9. The first-order valence-electron chi connectivity index (χ1n) is 5.09. The summed E-state index contributed by atoms with van der Waals surface area (Å²) in [5.41, 5.74) is 1.07. The highest BCUT2D eigenvalue weighted by Gasteiger charge is 2.16. The molecule has 2 rings (SSSR count). The molecule has 0 unspecified atom stereocenters. The van der Waals surface area contributed by atoms with Gasteiger partial charge in [0.1, 0.15) is 17.4 Å². The predicted octanol–water partition coefficient (Wildman–Crippen LogP) is 3.81. The summed E-state index contributed by atoms with van der Waals surface area (Å²) >= 11 is 9.22. The van der Waals surface area contributed by atoms with Gasteiger partial charge >= 0.3 is 0 Å². The van der Waals surface area contributed by atoms with E-state index in [0.717, 1.165) is 4.47 Å². The zero-order valence-electron chi connectivity index (χ0n) is 9.74. The molecule has 0 aliphatic carbocycles. The van der Waals surface area contributed by atoms with E-state index in [4.69, 9.17) is 21.6 Å². The van der Waals surface area contributed by atoms with Crippen molar-refractivity contribution in [2.75, 3.05) is 0 Å². The topological polar surface area (TPSA) is 50.8 Å². The van der Waals surface area contributed by atoms with Crippen LogP contribution in [0.15, 0.2) is 22.7 Å². The molecule has 92 valence electrons. The van der Waals surface area contributed by atoms with E-state index in [1.54, 1.807) is 32.2 Å². The molecule has 18 heavy (non-hydrogen) atoms. The number of nitrogens with zero attached hydrogens (tertiary/aromatic N) is 3. The van der Waals surface area contributed by atoms with Gasteiger partial charge in [-0.1, -0.05) is 11.6 Å². The number of aromatic nitrogens is 2. The molecule has 2 aromatic rings. The molecular formula is C12H9BrClN3O. The Balaban J connectivity index is 2.43. The Morgan fingerprint density at radius 2 is 2.22 bits per heavy atom. The maximum atomic E-state index is 9.09. The molecule has 0 atom stereocenters. The highest BCUT2D eigenvalue weighted by atomic mass is 79.9. The van der Waals surface area contributed by atoms with Crippen molar-refractivity contribution >= 4 is 27.5 Å². The molecule has 0 radical (unpaired) electrons. The lowest BCUT2D eigenvalue weighted by Gasteiger charge is -2.08. The van der Waals surface area contributed by atoms with Crippen molar-refractivity contribution < 1.29 is 4.74 Å². The van der Waals surface area contributed by atoms with Crippen molar-refractivity contribution in [1.29, 1.82) is 5.26 Å². The van der Waals surface area contributed by atoms with Gasteiger partial charge in [-0.3, -0.25) is 0 Å². The second kappa shape index (κ2) is 5.01. The summed E-state index contributed by atoms with van der Waals surface area (Å²) in [4.78, 5) is 0. The summed E-state index contributed by atoms with van der Waals surface area (Å²) in [5, 5.41) is 13.8. The van der Waals surface area contributed by atoms with Crippen LogP contribution in [0.25, 0.3) is 0 Å². The number of ether oxygens (including phenoxy) is 1. The number of nitriles is 1. The normalized spacial score (nSPS) is 10.2. The lowest BCUT2D eigenvalue weighted by molar-refractivity contribution is 0.427. The predicted molar refractivity (Wildman–Crippen MR) is 71.9 cm³/mol. The average Bonchev–Trinajstić information content (AvgIpc) is 2.57. The third-order valence-corrected chi connectivity index (χ3v) is 3.24. The van der Waals surface area contributed by atoms with E-state index in [9.17, 15) is 0 Å². The summed E-state index contributed by atoms with van der Waals surface area (Å²) < 4.78 is 7.97. The summed E-state index contributed by atoms with van der Waals surface area (Å²) in [6.07, 6.45) is 0. The van der Waals surface area contributed by atoms with Crippen LogP contribution >= 0.6 is 27.5 Å². The van der Waals surface area contributed by atoms with Crippen LogP contribution in [0.1, 0.15) is 11.3 Å². The summed E-state index contributed by atoms with van der Waals surface area (Å²) in [5.74, 6) is 0.997. The molecule has 0 saturated heterocycles. The van der Waals surface area contributed by atoms with Gasteiger partial charge in [-0.15, -0.1) is 0 Å². The Morgan fingerprint density at radius 3 is 2.83 bits per heavy atom. The van der Waals surface area contributed by atoms with Crippen molar-refractivity contribution in [3.05, 3.63) is 39.0 Å². The summed E-state index contributed by atoms with van der Waals surface area (Å²) in [6, 6.07) is 7.27. The molecule has 1 heterocycles. The van der Waals surface area contributed by atoms with Gasteiger partial charge < -0.3 is 4.74 Å². The molecular weight excluding hydrogens is 318 g/mol. The Morgan fingerprint density at radius 1 is 1.50 bits per heavy atom. The van der Waals surface area contributed by atoms with Crippen LogP contribution in [0.3, 0.4) is 0 Å². The minimum absolute atomic E-state index is 0.415. The molecule has 0 spiro atoms. The highest BCUT2D eigenvalue weighted by molar-refractivity contribution is 9.10. The van der Waals surface area contributed by atoms with Gasteiger partial charge in [0.25, 0.3) is 0 Å². The van der Waals surface area contributed by atoms with Crippen molar-refractivity contribution in [3.63, 3.8) is 0 Å². The first-order valence-corrected chi connectivity index (χ1v) is 6.26. The molecule has 6 heteroatoms. The lowest BCUT2D eigenvalue weighted by atomic mass is 10.3. The van der Waals surface area contributed by atoms with Gasteiger partial charge in [-0.05, 0) is 41.1 Å². The summed E-state index contributed by atoms with van der Waals surface area (Å²) in [6.45, 7) is 1.77. The highest BCUT2D eigenvalue weighted by Crippen LogP contribution is 2.33. The third kappa shape index (κ3) is 2.35. The number of rotatable bonds is 2. The third-order valence-electron chi connectivity index (χ3n) is 2.38. The SMILES string of the molecule is Cc1nn(C)c(Oc2ccc(Cl)cc2Br)c1C#N. The van der Waals surface area contributed by atoms with Gasteiger partial charge in [-0.2, -0.15) is 10.4 Å². The van der Waals surface area contributed by atoms with E-state index < -0.39 is 0 Å². The zero-order valence-corrected chi connectivity index (χ0v) is 12.1. The van der Waals surface area contributed by atoms with Gasteiger partial charge in [0.2, 0.25) is 5.88 Å². The Bertz CT molecular complexity index is 646. The van der Waals surface area contributed by atoms with Crippen molar-refractivity contribution in [1.82, 2.24) is 9.78 Å². The molecule has 4 nitrogen and oxygen atoms in total. The monoisotopic (exact) mass is 325 g/mol. The van der Waals surface area contributed by atoms with Crippen molar-refractivity contribution in [2.45, 2.75) is 6.92 Å². The molecule has 0 fully saturated rings. The standard InChI is InChI=1S/C12H9BrClN3O/c1-7-9(6-15)12(17(2)16-7)18-11-4-3-8(14)5-10(11)13/h3-5H,1-2H3. The van der Waals surface area contributed by atoms with Crippen molar-refractivity contribution in [2.24, 2.45) is 7.05 Å². The first-order chi connectivity index (χ1) is 8.52. The average molecular weight is 327 g/mol. The molecule has 0 N–H and O–H groups in total. The van der Waals surface area contributed by atoms with Gasteiger partial charge in [-0.25, -0.2) is 4.68 Å². The van der Waals surface area contributed by atoms with Crippen LogP contribution in [0.4, 0.5) is 0 Å². The molecule has 1 aromatic heterocycles. The van der Waals surface area contributed by atoms with Crippen LogP contribution in [-0.4, -0.2) is 9.78 Å². The van der Waals surface area contributed by atoms with E-state index in [2.05, 4.69) is 27.1 Å². The number of benzene rings is 1. The molecule has 1 aromatic carbocycles. The smallest absolute Gasteiger partial charge is 0.235 e. The fraction of sp³-hybridized carbons (Fsp3) is 0.167. The zero-order chi connectivity index (χ0) is 13.3. The fourth-order valence-corrected chi connectivity index (χ4v) is 2.31. The molecule has 0 amide bonds. The number of halogens is 2. The Hall–Kier alpha value is -1.51. The van der Waals surface area contributed by atoms with Gasteiger partial charge in [0, 0.05) is 12.1 Å². The maximum Gasteiger partial charge on any atom is 0.235 e. The number of hydrogen-bond donors (Lipinski definition) is 0. The van der Waals surface area contributed by atoms with E-state index >= 15 is 0 Å². The van der Waals surface area contributed by atoms with Crippen molar-refractivity contribution in [3.8, 4) is 17.7 Å². The van der Waals surface area contributed by atoms with Crippen LogP contribution in [-0.2, 0) is 7.05 Å². The van der Waals surface area contributed by atoms with Crippen LogP contribution in [0, 0.1) is 18.3 Å². The van der Waals surface area contributed by atoms with Crippen LogP contribution in [0.5, 0.6) is 11.6 Å². The van der Waals surface area contributed by atoms with Gasteiger partial charge in [0.15, 0.2) is 0 Å². The second-order valence-corrected chi connectivity index (χ2v) is 4.97. The fourth-order valence-electron chi connectivity index (χ4n) is 1.54. The molecule has 0 bridgehead atoms. The van der Waals surface area contributed by atoms with E-state index in [1.807, 2.05) is 0 Å². The Labute approximate surface area is 118 Å². The minimum atomic E-state index is 0.415. The molecule has 0 saturated carbocycles. The Kier molecular flexibility index (Phi) is 3.60. The second-order valence-electron chi connectivity index (χ2n) is 3.68. The quantitative estimate of drug-likeness (QED) is 0.843. The summed E-state index contributed by atoms with van der Waals surface area (Å²) in [7, 11) is 1.73. The van der Waals surface area contributed by atoms with E-state index in [0.29, 0.717) is 27.9 Å². The van der Waals surface area contributed by atoms with Crippen LogP contribution in [0.2, 0.25) is 5.02 Å². The molecule has 0 aliphatic rings. The van der Waals surface area contributed by atoms with Crippen LogP contribution < -0.4 is 4.74 Å². The lowest BCUT2D eigenvalue weighted by Crippen LogP contribution is -1.96. The minimum Gasteiger partial charge on any atom is -0.437 e. The van der Waals surface area contributed by atoms with Gasteiger partial charge in [0.05, 0.1) is 10.2 Å². The number of aryl methyl sites for hydroxylation is 2. The number of hydrogen-bond acceptors (Lipinski definition) is 3. The van der Waals surface area contributed by atoms with E-state index in [-0.39, 0.29) is 0 Å². The maximum absolute atomic E-state index is 9.09. The van der Waals surface area contributed by atoms with E-state index in [1.165, 1.54) is 4.68 Å². The largest absolute Gasteiger partial charge is 0.437 e.